The molecule has 0 fully saturated rings. The van der Waals surface area contributed by atoms with E-state index in [4.69, 9.17) is 5.73 Å². The molecule has 0 rings (SSSR count). The lowest BCUT2D eigenvalue weighted by molar-refractivity contribution is -0.129. The van der Waals surface area contributed by atoms with E-state index < -0.39 is 0 Å². The van der Waals surface area contributed by atoms with Crippen LogP contribution in [0.15, 0.2) is 0 Å². The van der Waals surface area contributed by atoms with E-state index in [1.54, 1.807) is 0 Å². The Kier molecular flexibility index (Phi) is 4.16. The van der Waals surface area contributed by atoms with Crippen LogP contribution in [0.1, 0.15) is 54.4 Å². The minimum atomic E-state index is -0.184. The Labute approximate surface area is 88.3 Å². The fraction of sp³-hybridized carbons (Fsp3) is 0.917. The Morgan fingerprint density at radius 3 is 1.86 bits per heavy atom. The minimum Gasteiger partial charge on any atom is -0.369 e. The molecule has 0 saturated carbocycles. The maximum atomic E-state index is 11.3. The minimum absolute atomic E-state index is 0.00637. The SMILES string of the molecule is CCC(C)(C)C(C)(CC)C(C)C(N)=O. The van der Waals surface area contributed by atoms with Gasteiger partial charge in [0.25, 0.3) is 0 Å². The molecule has 0 spiro atoms. The second-order valence-electron chi connectivity index (χ2n) is 5.13. The number of primary amides is 1. The van der Waals surface area contributed by atoms with Crippen molar-refractivity contribution < 1.29 is 4.79 Å². The van der Waals surface area contributed by atoms with Crippen molar-refractivity contribution in [1.82, 2.24) is 0 Å². The van der Waals surface area contributed by atoms with E-state index in [0.717, 1.165) is 12.8 Å². The van der Waals surface area contributed by atoms with Gasteiger partial charge in [0, 0.05) is 5.92 Å². The van der Waals surface area contributed by atoms with Crippen LogP contribution in [0.2, 0.25) is 0 Å². The molecule has 0 aliphatic heterocycles. The number of carbonyl (C=O) groups is 1. The van der Waals surface area contributed by atoms with Crippen LogP contribution in [-0.2, 0) is 4.79 Å². The van der Waals surface area contributed by atoms with Crippen molar-refractivity contribution in [1.29, 1.82) is 0 Å². The first-order valence-corrected chi connectivity index (χ1v) is 5.52. The van der Waals surface area contributed by atoms with Crippen LogP contribution in [0.3, 0.4) is 0 Å². The van der Waals surface area contributed by atoms with Crippen LogP contribution in [0.4, 0.5) is 0 Å². The maximum Gasteiger partial charge on any atom is 0.220 e. The fourth-order valence-corrected chi connectivity index (χ4v) is 2.09. The normalized spacial score (nSPS) is 18.7. The Bertz CT molecular complexity index is 210. The predicted molar refractivity (Wildman–Crippen MR) is 60.8 cm³/mol. The van der Waals surface area contributed by atoms with Gasteiger partial charge >= 0.3 is 0 Å². The zero-order valence-corrected chi connectivity index (χ0v) is 10.5. The molecule has 2 atom stereocenters. The van der Waals surface area contributed by atoms with Crippen LogP contribution in [-0.4, -0.2) is 5.91 Å². The molecule has 0 aliphatic carbocycles. The largest absolute Gasteiger partial charge is 0.369 e. The molecule has 14 heavy (non-hydrogen) atoms. The summed E-state index contributed by atoms with van der Waals surface area (Å²) < 4.78 is 0. The lowest BCUT2D eigenvalue weighted by Gasteiger charge is -2.46. The average Bonchev–Trinajstić information content (AvgIpc) is 2.14. The van der Waals surface area contributed by atoms with Gasteiger partial charge in [-0.2, -0.15) is 0 Å². The molecule has 0 aliphatic rings. The Morgan fingerprint density at radius 1 is 1.21 bits per heavy atom. The van der Waals surface area contributed by atoms with Gasteiger partial charge in [-0.1, -0.05) is 48.0 Å². The highest BCUT2D eigenvalue weighted by Crippen LogP contribution is 2.49. The summed E-state index contributed by atoms with van der Waals surface area (Å²) in [4.78, 5) is 11.3. The number of carbonyl (C=O) groups excluding carboxylic acids is 1. The standard InChI is InChI=1S/C12H25NO/c1-7-11(4,5)12(6,8-2)9(3)10(13)14/h9H,7-8H2,1-6H3,(H2,13,14). The summed E-state index contributed by atoms with van der Waals surface area (Å²) in [6.45, 7) is 12.9. The van der Waals surface area contributed by atoms with Crippen molar-refractivity contribution in [2.75, 3.05) is 0 Å². The highest BCUT2D eigenvalue weighted by atomic mass is 16.1. The third kappa shape index (κ3) is 2.10. The van der Waals surface area contributed by atoms with Gasteiger partial charge in [-0.25, -0.2) is 0 Å². The van der Waals surface area contributed by atoms with E-state index in [1.165, 1.54) is 0 Å². The van der Waals surface area contributed by atoms with E-state index in [9.17, 15) is 4.79 Å². The number of hydrogen-bond donors (Lipinski definition) is 1. The highest BCUT2D eigenvalue weighted by molar-refractivity contribution is 5.77. The molecule has 0 aromatic rings. The number of amides is 1. The van der Waals surface area contributed by atoms with E-state index in [-0.39, 0.29) is 22.7 Å². The van der Waals surface area contributed by atoms with Crippen LogP contribution in [0.5, 0.6) is 0 Å². The molecule has 0 radical (unpaired) electrons. The molecule has 0 heterocycles. The van der Waals surface area contributed by atoms with Crippen molar-refractivity contribution >= 4 is 5.91 Å². The molecule has 84 valence electrons. The third-order valence-corrected chi connectivity index (χ3v) is 4.55. The van der Waals surface area contributed by atoms with Gasteiger partial charge < -0.3 is 5.73 Å². The molecule has 2 N–H and O–H groups in total. The quantitative estimate of drug-likeness (QED) is 0.726. The van der Waals surface area contributed by atoms with Crippen molar-refractivity contribution in [3.05, 3.63) is 0 Å². The van der Waals surface area contributed by atoms with Gasteiger partial charge in [0.1, 0.15) is 0 Å². The van der Waals surface area contributed by atoms with E-state index in [0.29, 0.717) is 0 Å². The van der Waals surface area contributed by atoms with Crippen molar-refractivity contribution in [2.45, 2.75) is 54.4 Å². The first-order chi connectivity index (χ1) is 6.23. The molecular formula is C12H25NO. The first-order valence-electron chi connectivity index (χ1n) is 5.52. The topological polar surface area (TPSA) is 43.1 Å². The highest BCUT2D eigenvalue weighted by Gasteiger charge is 2.44. The summed E-state index contributed by atoms with van der Waals surface area (Å²) in [7, 11) is 0. The summed E-state index contributed by atoms with van der Waals surface area (Å²) in [5, 5.41) is 0. The van der Waals surface area contributed by atoms with Crippen LogP contribution in [0.25, 0.3) is 0 Å². The fourth-order valence-electron chi connectivity index (χ4n) is 2.09. The third-order valence-electron chi connectivity index (χ3n) is 4.55. The van der Waals surface area contributed by atoms with Gasteiger partial charge in [0.15, 0.2) is 0 Å². The van der Waals surface area contributed by atoms with Gasteiger partial charge in [-0.3, -0.25) is 4.79 Å². The Hall–Kier alpha value is -0.530. The summed E-state index contributed by atoms with van der Waals surface area (Å²) in [5.74, 6) is -0.252. The van der Waals surface area contributed by atoms with Crippen molar-refractivity contribution in [3.63, 3.8) is 0 Å². The molecule has 2 nitrogen and oxygen atoms in total. The summed E-state index contributed by atoms with van der Waals surface area (Å²) >= 11 is 0. The molecule has 2 unspecified atom stereocenters. The summed E-state index contributed by atoms with van der Waals surface area (Å²) in [5.41, 5.74) is 5.55. The second kappa shape index (κ2) is 4.33. The molecule has 2 heteroatoms. The lowest BCUT2D eigenvalue weighted by atomic mass is 9.58. The predicted octanol–water partition coefficient (Wildman–Crippen LogP) is 2.96. The zero-order chi connectivity index (χ0) is 11.6. The van der Waals surface area contributed by atoms with Crippen molar-refractivity contribution in [2.24, 2.45) is 22.5 Å². The molecule has 0 aromatic carbocycles. The number of rotatable bonds is 5. The molecule has 0 bridgehead atoms. The van der Waals surface area contributed by atoms with Gasteiger partial charge in [-0.15, -0.1) is 0 Å². The Balaban J connectivity index is 5.07. The van der Waals surface area contributed by atoms with Crippen LogP contribution >= 0.6 is 0 Å². The van der Waals surface area contributed by atoms with E-state index in [1.807, 2.05) is 6.92 Å². The van der Waals surface area contributed by atoms with Gasteiger partial charge in [-0.05, 0) is 17.3 Å². The van der Waals surface area contributed by atoms with E-state index >= 15 is 0 Å². The smallest absolute Gasteiger partial charge is 0.220 e. The maximum absolute atomic E-state index is 11.3. The summed E-state index contributed by atoms with van der Waals surface area (Å²) in [6.07, 6.45) is 2.05. The first kappa shape index (κ1) is 13.5. The Morgan fingerprint density at radius 2 is 1.64 bits per heavy atom. The van der Waals surface area contributed by atoms with Crippen molar-refractivity contribution in [3.8, 4) is 0 Å². The number of nitrogens with two attached hydrogens (primary N) is 1. The molecule has 1 amide bonds. The average molecular weight is 199 g/mol. The monoisotopic (exact) mass is 199 g/mol. The summed E-state index contributed by atoms with van der Waals surface area (Å²) in [6, 6.07) is 0. The lowest BCUT2D eigenvalue weighted by Crippen LogP contribution is -2.45. The molecule has 0 saturated heterocycles. The molecule has 0 aromatic heterocycles. The van der Waals surface area contributed by atoms with E-state index in [2.05, 4.69) is 34.6 Å². The molecular weight excluding hydrogens is 174 g/mol. The zero-order valence-electron chi connectivity index (χ0n) is 10.5. The second-order valence-corrected chi connectivity index (χ2v) is 5.13. The number of hydrogen-bond acceptors (Lipinski definition) is 1. The van der Waals surface area contributed by atoms with Crippen LogP contribution < -0.4 is 5.73 Å². The van der Waals surface area contributed by atoms with Gasteiger partial charge in [0.05, 0.1) is 0 Å². The van der Waals surface area contributed by atoms with Gasteiger partial charge in [0.2, 0.25) is 5.91 Å². The van der Waals surface area contributed by atoms with Crippen LogP contribution in [0, 0.1) is 16.7 Å².